The quantitative estimate of drug-likeness (QED) is 0.902. The molecule has 0 bridgehead atoms. The predicted octanol–water partition coefficient (Wildman–Crippen LogP) is 1.34. The van der Waals surface area contributed by atoms with Gasteiger partial charge in [0.2, 0.25) is 0 Å². The zero-order valence-corrected chi connectivity index (χ0v) is 11.6. The molecule has 3 rings (SSSR count). The highest BCUT2D eigenvalue weighted by atomic mass is 16.2. The van der Waals surface area contributed by atoms with Crippen molar-refractivity contribution in [2.24, 2.45) is 5.73 Å². The van der Waals surface area contributed by atoms with Gasteiger partial charge in [0.15, 0.2) is 0 Å². The van der Waals surface area contributed by atoms with Crippen LogP contribution in [0.2, 0.25) is 0 Å². The summed E-state index contributed by atoms with van der Waals surface area (Å²) >= 11 is 0. The van der Waals surface area contributed by atoms with Crippen molar-refractivity contribution in [2.75, 3.05) is 31.1 Å². The highest BCUT2D eigenvalue weighted by Gasteiger charge is 2.19. The molecule has 0 aliphatic carbocycles. The molecule has 1 saturated heterocycles. The Kier molecular flexibility index (Phi) is 3.68. The molecule has 2 N–H and O–H groups in total. The lowest BCUT2D eigenvalue weighted by Crippen LogP contribution is -2.50. The van der Waals surface area contributed by atoms with Gasteiger partial charge in [0.05, 0.1) is 0 Å². The van der Waals surface area contributed by atoms with E-state index in [0.717, 1.165) is 29.9 Å². The van der Waals surface area contributed by atoms with Crippen LogP contribution in [0.3, 0.4) is 0 Å². The van der Waals surface area contributed by atoms with E-state index in [1.807, 2.05) is 12.1 Å². The molecular weight excluding hydrogens is 266 g/mol. The number of hydrogen-bond donors (Lipinski definition) is 1. The molecule has 1 fully saturated rings. The molecule has 1 aromatic carbocycles. The Bertz CT molecular complexity index is 623. The minimum absolute atomic E-state index is 0.343. The summed E-state index contributed by atoms with van der Waals surface area (Å²) in [5.74, 6) is 0. The van der Waals surface area contributed by atoms with Crippen molar-refractivity contribution >= 4 is 11.7 Å². The van der Waals surface area contributed by atoms with E-state index in [1.54, 1.807) is 17.3 Å². The molecule has 0 unspecified atom stereocenters. The maximum atomic E-state index is 11.2. The van der Waals surface area contributed by atoms with Gasteiger partial charge in [0, 0.05) is 49.8 Å². The van der Waals surface area contributed by atoms with E-state index in [4.69, 9.17) is 5.73 Å². The first-order chi connectivity index (χ1) is 10.2. The number of piperazine rings is 1. The summed E-state index contributed by atoms with van der Waals surface area (Å²) in [5.41, 5.74) is 8.53. The number of nitrogens with zero attached hydrogens (tertiary/aromatic N) is 4. The van der Waals surface area contributed by atoms with Gasteiger partial charge in [-0.1, -0.05) is 12.1 Å². The third kappa shape index (κ3) is 2.94. The lowest BCUT2D eigenvalue weighted by molar-refractivity contribution is 0.204. The number of anilines is 1. The van der Waals surface area contributed by atoms with Crippen LogP contribution in [0.25, 0.3) is 11.1 Å². The number of carbonyl (C=O) groups excluding carboxylic acids is 1. The number of amides is 2. The minimum atomic E-state index is -0.343. The van der Waals surface area contributed by atoms with Gasteiger partial charge in [0.1, 0.15) is 6.33 Å². The van der Waals surface area contributed by atoms with Crippen LogP contribution in [0.15, 0.2) is 43.0 Å². The molecule has 0 atom stereocenters. The Hall–Kier alpha value is -2.63. The summed E-state index contributed by atoms with van der Waals surface area (Å²) < 4.78 is 0. The Balaban J connectivity index is 1.77. The summed E-state index contributed by atoms with van der Waals surface area (Å²) in [5, 5.41) is 0. The first kappa shape index (κ1) is 13.4. The lowest BCUT2D eigenvalue weighted by atomic mass is 10.1. The molecule has 1 aromatic heterocycles. The van der Waals surface area contributed by atoms with Crippen LogP contribution in [0.5, 0.6) is 0 Å². The predicted molar refractivity (Wildman–Crippen MR) is 80.8 cm³/mol. The topological polar surface area (TPSA) is 75.4 Å². The highest BCUT2D eigenvalue weighted by Crippen LogP contribution is 2.24. The van der Waals surface area contributed by atoms with Gasteiger partial charge in [-0.2, -0.15) is 0 Å². The number of urea groups is 1. The Morgan fingerprint density at radius 2 is 1.76 bits per heavy atom. The van der Waals surface area contributed by atoms with Gasteiger partial charge in [-0.3, -0.25) is 0 Å². The van der Waals surface area contributed by atoms with E-state index >= 15 is 0 Å². The highest BCUT2D eigenvalue weighted by molar-refractivity contribution is 5.72. The number of aromatic nitrogens is 2. The monoisotopic (exact) mass is 283 g/mol. The van der Waals surface area contributed by atoms with Gasteiger partial charge >= 0.3 is 6.03 Å². The maximum Gasteiger partial charge on any atom is 0.314 e. The fourth-order valence-corrected chi connectivity index (χ4v) is 2.52. The van der Waals surface area contributed by atoms with Crippen molar-refractivity contribution in [3.63, 3.8) is 0 Å². The van der Waals surface area contributed by atoms with E-state index < -0.39 is 0 Å². The van der Waals surface area contributed by atoms with E-state index in [0.29, 0.717) is 13.1 Å². The first-order valence-electron chi connectivity index (χ1n) is 6.89. The summed E-state index contributed by atoms with van der Waals surface area (Å²) in [6, 6.07) is 7.93. The van der Waals surface area contributed by atoms with Gasteiger partial charge < -0.3 is 15.5 Å². The van der Waals surface area contributed by atoms with Gasteiger partial charge in [-0.25, -0.2) is 14.8 Å². The van der Waals surface area contributed by atoms with Crippen molar-refractivity contribution in [1.82, 2.24) is 14.9 Å². The molecule has 6 heteroatoms. The zero-order chi connectivity index (χ0) is 14.7. The number of hydrogen-bond acceptors (Lipinski definition) is 4. The van der Waals surface area contributed by atoms with Crippen molar-refractivity contribution < 1.29 is 4.79 Å². The molecule has 1 aliphatic rings. The summed E-state index contributed by atoms with van der Waals surface area (Å²) in [6.07, 6.45) is 5.13. The fraction of sp³-hybridized carbons (Fsp3) is 0.267. The average molecular weight is 283 g/mol. The molecule has 1 aliphatic heterocycles. The number of carbonyl (C=O) groups is 1. The number of rotatable bonds is 2. The third-order valence-electron chi connectivity index (χ3n) is 3.70. The second-order valence-corrected chi connectivity index (χ2v) is 4.99. The van der Waals surface area contributed by atoms with Gasteiger partial charge in [-0.15, -0.1) is 0 Å². The van der Waals surface area contributed by atoms with E-state index in [2.05, 4.69) is 27.0 Å². The number of benzene rings is 1. The molecule has 108 valence electrons. The van der Waals surface area contributed by atoms with Crippen LogP contribution >= 0.6 is 0 Å². The van der Waals surface area contributed by atoms with Crippen LogP contribution in [-0.2, 0) is 0 Å². The molecule has 21 heavy (non-hydrogen) atoms. The molecular formula is C15H17N5O. The number of primary amides is 1. The van der Waals surface area contributed by atoms with Crippen LogP contribution in [-0.4, -0.2) is 47.1 Å². The van der Waals surface area contributed by atoms with E-state index in [1.165, 1.54) is 6.33 Å². The summed E-state index contributed by atoms with van der Waals surface area (Å²) in [4.78, 5) is 23.2. The van der Waals surface area contributed by atoms with Crippen LogP contribution < -0.4 is 10.6 Å². The van der Waals surface area contributed by atoms with Crippen molar-refractivity contribution in [3.8, 4) is 11.1 Å². The SMILES string of the molecule is NC(=O)N1CCN(c2cccc(-c3cncnc3)c2)CC1. The lowest BCUT2D eigenvalue weighted by Gasteiger charge is -2.35. The van der Waals surface area contributed by atoms with Crippen molar-refractivity contribution in [3.05, 3.63) is 43.0 Å². The summed E-state index contributed by atoms with van der Waals surface area (Å²) in [7, 11) is 0. The molecule has 0 spiro atoms. The van der Waals surface area contributed by atoms with E-state index in [-0.39, 0.29) is 6.03 Å². The van der Waals surface area contributed by atoms with Crippen LogP contribution in [0, 0.1) is 0 Å². The van der Waals surface area contributed by atoms with Gasteiger partial charge in [-0.05, 0) is 17.7 Å². The smallest absolute Gasteiger partial charge is 0.314 e. The Morgan fingerprint density at radius 1 is 1.05 bits per heavy atom. The Labute approximate surface area is 123 Å². The average Bonchev–Trinajstić information content (AvgIpc) is 2.56. The van der Waals surface area contributed by atoms with Crippen LogP contribution in [0.4, 0.5) is 10.5 Å². The molecule has 0 saturated carbocycles. The first-order valence-corrected chi connectivity index (χ1v) is 6.89. The Morgan fingerprint density at radius 3 is 2.43 bits per heavy atom. The largest absolute Gasteiger partial charge is 0.368 e. The molecule has 2 aromatic rings. The molecule has 2 heterocycles. The summed E-state index contributed by atoms with van der Waals surface area (Å²) in [6.45, 7) is 2.90. The van der Waals surface area contributed by atoms with Crippen molar-refractivity contribution in [1.29, 1.82) is 0 Å². The number of nitrogens with two attached hydrogens (primary N) is 1. The maximum absolute atomic E-state index is 11.2. The zero-order valence-electron chi connectivity index (χ0n) is 11.6. The minimum Gasteiger partial charge on any atom is -0.368 e. The van der Waals surface area contributed by atoms with Crippen LogP contribution in [0.1, 0.15) is 0 Å². The normalized spacial score (nSPS) is 15.0. The van der Waals surface area contributed by atoms with Crippen molar-refractivity contribution in [2.45, 2.75) is 0 Å². The third-order valence-corrected chi connectivity index (χ3v) is 3.70. The fourth-order valence-electron chi connectivity index (χ4n) is 2.52. The standard InChI is InChI=1S/C15H17N5O/c16-15(21)20-6-4-19(5-7-20)14-3-1-2-12(8-14)13-9-17-11-18-10-13/h1-3,8-11H,4-7H2,(H2,16,21). The molecule has 2 amide bonds. The van der Waals surface area contributed by atoms with Gasteiger partial charge in [0.25, 0.3) is 0 Å². The second-order valence-electron chi connectivity index (χ2n) is 4.99. The van der Waals surface area contributed by atoms with E-state index in [9.17, 15) is 4.79 Å². The second kappa shape index (κ2) is 5.78. The molecule has 0 radical (unpaired) electrons. The molecule has 6 nitrogen and oxygen atoms in total.